The Hall–Kier alpha value is -1.24. The maximum Gasteiger partial charge on any atom is 0.0459 e. The molecule has 0 amide bonds. The molecule has 1 unspecified atom stereocenters. The van der Waals surface area contributed by atoms with Crippen LogP contribution in [0.25, 0.3) is 10.9 Å². The minimum atomic E-state index is 0.552. The van der Waals surface area contributed by atoms with Crippen LogP contribution in [0, 0.1) is 5.41 Å². The van der Waals surface area contributed by atoms with Gasteiger partial charge in [-0.3, -0.25) is 0 Å². The molecule has 1 N–H and O–H groups in total. The fourth-order valence-electron chi connectivity index (χ4n) is 4.64. The molecule has 0 bridgehead atoms. The first-order valence-electron chi connectivity index (χ1n) is 7.87. The van der Waals surface area contributed by atoms with Gasteiger partial charge in [0, 0.05) is 22.5 Å². The van der Waals surface area contributed by atoms with E-state index in [2.05, 4.69) is 36.2 Å². The Morgan fingerprint density at radius 1 is 1.11 bits per heavy atom. The molecule has 0 radical (unpaired) electrons. The van der Waals surface area contributed by atoms with Crippen LogP contribution >= 0.6 is 0 Å². The van der Waals surface area contributed by atoms with Gasteiger partial charge < -0.3 is 4.98 Å². The van der Waals surface area contributed by atoms with Crippen molar-refractivity contribution in [1.82, 2.24) is 4.98 Å². The lowest BCUT2D eigenvalue weighted by Gasteiger charge is -2.37. The molecule has 0 spiro atoms. The normalized spacial score (nSPS) is 25.6. The van der Waals surface area contributed by atoms with Gasteiger partial charge in [-0.05, 0) is 49.1 Å². The molecule has 2 aliphatic carbocycles. The van der Waals surface area contributed by atoms with Crippen LogP contribution in [-0.4, -0.2) is 4.98 Å². The summed E-state index contributed by atoms with van der Waals surface area (Å²) in [5.74, 6) is 0.770. The number of hydrogen-bond donors (Lipinski definition) is 1. The molecule has 4 rings (SSSR count). The number of H-pyrrole nitrogens is 1. The number of rotatable bonds is 1. The number of aromatic amines is 1. The summed E-state index contributed by atoms with van der Waals surface area (Å²) in [6.45, 7) is 2.53. The largest absolute Gasteiger partial charge is 0.358 e. The van der Waals surface area contributed by atoms with Crippen LogP contribution < -0.4 is 0 Å². The number of fused-ring (bicyclic) bond motifs is 3. The maximum absolute atomic E-state index is 3.77. The molecule has 1 nitrogen and oxygen atoms in total. The first-order chi connectivity index (χ1) is 9.28. The van der Waals surface area contributed by atoms with Gasteiger partial charge in [0.05, 0.1) is 0 Å². The van der Waals surface area contributed by atoms with Gasteiger partial charge in [0.1, 0.15) is 0 Å². The van der Waals surface area contributed by atoms with Crippen LogP contribution in [0.5, 0.6) is 0 Å². The van der Waals surface area contributed by atoms with Crippen molar-refractivity contribution in [1.29, 1.82) is 0 Å². The van der Waals surface area contributed by atoms with Gasteiger partial charge in [-0.15, -0.1) is 0 Å². The van der Waals surface area contributed by atoms with E-state index in [1.165, 1.54) is 55.8 Å². The highest BCUT2D eigenvalue weighted by Gasteiger charge is 2.40. The molecular weight excluding hydrogens is 230 g/mol. The predicted molar refractivity (Wildman–Crippen MR) is 80.6 cm³/mol. The van der Waals surface area contributed by atoms with Gasteiger partial charge in [0.2, 0.25) is 0 Å². The molecule has 0 aliphatic heterocycles. The van der Waals surface area contributed by atoms with E-state index >= 15 is 0 Å². The van der Waals surface area contributed by atoms with Crippen molar-refractivity contribution >= 4 is 10.9 Å². The van der Waals surface area contributed by atoms with Crippen LogP contribution in [0.1, 0.15) is 62.6 Å². The number of hydrogen-bond acceptors (Lipinski definition) is 0. The zero-order chi connectivity index (χ0) is 12.9. The summed E-state index contributed by atoms with van der Waals surface area (Å²) in [5.41, 5.74) is 5.11. The molecule has 1 fully saturated rings. The van der Waals surface area contributed by atoms with Gasteiger partial charge in [-0.25, -0.2) is 0 Å². The molecule has 1 aromatic carbocycles. The lowest BCUT2D eigenvalue weighted by atomic mass is 9.68. The third-order valence-corrected chi connectivity index (χ3v) is 5.70. The smallest absolute Gasteiger partial charge is 0.0459 e. The zero-order valence-corrected chi connectivity index (χ0v) is 11.8. The van der Waals surface area contributed by atoms with Crippen LogP contribution in [0.4, 0.5) is 0 Å². The van der Waals surface area contributed by atoms with Crippen molar-refractivity contribution in [2.24, 2.45) is 5.41 Å². The standard InChI is InChI=1S/C18H23N/c1-18(11-4-5-12-18)15-9-6-8-14-13-7-2-3-10-16(13)19-17(14)15/h2-3,7,10,15,19H,4-6,8-9,11-12H2,1H3. The maximum atomic E-state index is 3.77. The molecule has 1 heteroatoms. The Morgan fingerprint density at radius 3 is 2.74 bits per heavy atom. The monoisotopic (exact) mass is 253 g/mol. The Kier molecular flexibility index (Phi) is 2.51. The zero-order valence-electron chi connectivity index (χ0n) is 11.8. The number of aromatic nitrogens is 1. The molecule has 2 aromatic rings. The second-order valence-electron chi connectivity index (χ2n) is 6.87. The lowest BCUT2D eigenvalue weighted by Crippen LogP contribution is -2.26. The van der Waals surface area contributed by atoms with Gasteiger partial charge in [0.25, 0.3) is 0 Å². The summed E-state index contributed by atoms with van der Waals surface area (Å²) in [6.07, 6.45) is 9.74. The molecule has 1 heterocycles. The second-order valence-corrected chi connectivity index (χ2v) is 6.87. The van der Waals surface area contributed by atoms with E-state index < -0.39 is 0 Å². The van der Waals surface area contributed by atoms with E-state index in [-0.39, 0.29) is 0 Å². The average molecular weight is 253 g/mol. The summed E-state index contributed by atoms with van der Waals surface area (Å²) in [4.78, 5) is 3.77. The van der Waals surface area contributed by atoms with E-state index in [9.17, 15) is 0 Å². The summed E-state index contributed by atoms with van der Waals surface area (Å²) >= 11 is 0. The third kappa shape index (κ3) is 1.67. The van der Waals surface area contributed by atoms with Crippen molar-refractivity contribution in [2.45, 2.75) is 57.8 Å². The number of aryl methyl sites for hydroxylation is 1. The minimum absolute atomic E-state index is 0.552. The summed E-state index contributed by atoms with van der Waals surface area (Å²) in [7, 11) is 0. The van der Waals surface area contributed by atoms with E-state index in [0.717, 1.165) is 5.92 Å². The third-order valence-electron chi connectivity index (χ3n) is 5.70. The Morgan fingerprint density at radius 2 is 1.89 bits per heavy atom. The molecule has 1 aromatic heterocycles. The molecule has 1 atom stereocenters. The van der Waals surface area contributed by atoms with Crippen molar-refractivity contribution in [3.05, 3.63) is 35.5 Å². The summed E-state index contributed by atoms with van der Waals surface area (Å²) < 4.78 is 0. The number of para-hydroxylation sites is 1. The molecule has 0 saturated heterocycles. The highest BCUT2D eigenvalue weighted by atomic mass is 14.7. The van der Waals surface area contributed by atoms with Crippen LogP contribution in [-0.2, 0) is 6.42 Å². The lowest BCUT2D eigenvalue weighted by molar-refractivity contribution is 0.234. The SMILES string of the molecule is CC1(C2CCCc3c2[nH]c2ccccc32)CCCC1. The molecule has 2 aliphatic rings. The minimum Gasteiger partial charge on any atom is -0.358 e. The predicted octanol–water partition coefficient (Wildman–Crippen LogP) is 5.17. The number of benzene rings is 1. The van der Waals surface area contributed by atoms with Crippen molar-refractivity contribution in [3.63, 3.8) is 0 Å². The van der Waals surface area contributed by atoms with E-state index in [0.29, 0.717) is 5.41 Å². The summed E-state index contributed by atoms with van der Waals surface area (Å²) in [6, 6.07) is 8.86. The first kappa shape index (κ1) is 11.6. The molecule has 100 valence electrons. The second kappa shape index (κ2) is 4.13. The highest BCUT2D eigenvalue weighted by molar-refractivity contribution is 5.85. The van der Waals surface area contributed by atoms with E-state index in [4.69, 9.17) is 0 Å². The van der Waals surface area contributed by atoms with Crippen molar-refractivity contribution in [3.8, 4) is 0 Å². The van der Waals surface area contributed by atoms with Gasteiger partial charge in [-0.2, -0.15) is 0 Å². The van der Waals surface area contributed by atoms with Crippen molar-refractivity contribution < 1.29 is 0 Å². The molecule has 19 heavy (non-hydrogen) atoms. The van der Waals surface area contributed by atoms with E-state index in [1.807, 2.05) is 0 Å². The van der Waals surface area contributed by atoms with E-state index in [1.54, 1.807) is 11.3 Å². The highest BCUT2D eigenvalue weighted by Crippen LogP contribution is 2.53. The molecular formula is C18H23N. The van der Waals surface area contributed by atoms with Gasteiger partial charge >= 0.3 is 0 Å². The van der Waals surface area contributed by atoms with Gasteiger partial charge in [0.15, 0.2) is 0 Å². The fraction of sp³-hybridized carbons (Fsp3) is 0.556. The topological polar surface area (TPSA) is 15.8 Å². The number of nitrogens with one attached hydrogen (secondary N) is 1. The van der Waals surface area contributed by atoms with Crippen molar-refractivity contribution in [2.75, 3.05) is 0 Å². The van der Waals surface area contributed by atoms with Gasteiger partial charge in [-0.1, -0.05) is 38.0 Å². The Labute approximate surface area is 115 Å². The molecule has 1 saturated carbocycles. The van der Waals surface area contributed by atoms with Crippen LogP contribution in [0.2, 0.25) is 0 Å². The Balaban J connectivity index is 1.86. The first-order valence-corrected chi connectivity index (χ1v) is 7.87. The average Bonchev–Trinajstić information content (AvgIpc) is 3.02. The van der Waals surface area contributed by atoms with Crippen LogP contribution in [0.3, 0.4) is 0 Å². The Bertz CT molecular complexity index is 601. The summed E-state index contributed by atoms with van der Waals surface area (Å²) in [5, 5.41) is 1.48. The fourth-order valence-corrected chi connectivity index (χ4v) is 4.64. The van der Waals surface area contributed by atoms with Crippen LogP contribution in [0.15, 0.2) is 24.3 Å². The quantitative estimate of drug-likeness (QED) is 0.721.